The number of hydrogen-bond donors (Lipinski definition) is 1. The third-order valence-corrected chi connectivity index (χ3v) is 2.33. The molecule has 0 atom stereocenters. The van der Waals surface area contributed by atoms with Crippen molar-refractivity contribution in [3.8, 4) is 0 Å². The van der Waals surface area contributed by atoms with E-state index in [4.69, 9.17) is 0 Å². The molecule has 0 radical (unpaired) electrons. The van der Waals surface area contributed by atoms with Crippen LogP contribution in [0.5, 0.6) is 0 Å². The number of rotatable bonds is 3. The first kappa shape index (κ1) is 10.8. The standard InChI is InChI=1S/C11H9BrN4/c12-9-2-4-10(5-3-9)16-15-8-11-13-6-1-7-14-11/h1-8,16H/b15-8-. The molecule has 1 heterocycles. The predicted octanol–water partition coefficient (Wildman–Crippen LogP) is 2.69. The van der Waals surface area contributed by atoms with Crippen molar-refractivity contribution >= 4 is 27.8 Å². The Morgan fingerprint density at radius 1 is 1.12 bits per heavy atom. The summed E-state index contributed by atoms with van der Waals surface area (Å²) in [5.41, 5.74) is 3.80. The smallest absolute Gasteiger partial charge is 0.172 e. The van der Waals surface area contributed by atoms with E-state index in [0.29, 0.717) is 5.82 Å². The minimum absolute atomic E-state index is 0.576. The lowest BCUT2D eigenvalue weighted by molar-refractivity contribution is 1.14. The second-order valence-electron chi connectivity index (χ2n) is 2.98. The van der Waals surface area contributed by atoms with Gasteiger partial charge in [-0.1, -0.05) is 15.9 Å². The van der Waals surface area contributed by atoms with Gasteiger partial charge in [0, 0.05) is 16.9 Å². The second-order valence-corrected chi connectivity index (χ2v) is 3.90. The Hall–Kier alpha value is -1.75. The van der Waals surface area contributed by atoms with E-state index in [2.05, 4.69) is 36.4 Å². The summed E-state index contributed by atoms with van der Waals surface area (Å²) in [5.74, 6) is 0.576. The molecule has 0 bridgehead atoms. The van der Waals surface area contributed by atoms with Crippen LogP contribution in [0.1, 0.15) is 5.82 Å². The molecular formula is C11H9BrN4. The fraction of sp³-hybridized carbons (Fsp3) is 0. The fourth-order valence-electron chi connectivity index (χ4n) is 1.07. The lowest BCUT2D eigenvalue weighted by Gasteiger charge is -1.98. The SMILES string of the molecule is Brc1ccc(N/N=C\c2ncccn2)cc1. The van der Waals surface area contributed by atoms with Gasteiger partial charge in [-0.3, -0.25) is 5.43 Å². The minimum Gasteiger partial charge on any atom is -0.278 e. The van der Waals surface area contributed by atoms with E-state index in [1.165, 1.54) is 0 Å². The number of nitrogens with one attached hydrogen (secondary N) is 1. The normalized spacial score (nSPS) is 10.6. The molecule has 4 nitrogen and oxygen atoms in total. The van der Waals surface area contributed by atoms with Crippen molar-refractivity contribution in [1.82, 2.24) is 9.97 Å². The molecule has 1 aromatic heterocycles. The summed E-state index contributed by atoms with van der Waals surface area (Å²) < 4.78 is 1.04. The van der Waals surface area contributed by atoms with E-state index >= 15 is 0 Å². The van der Waals surface area contributed by atoms with Crippen LogP contribution in [0, 0.1) is 0 Å². The van der Waals surface area contributed by atoms with Crippen LogP contribution in [0.15, 0.2) is 52.3 Å². The van der Waals surface area contributed by atoms with Crippen LogP contribution in [-0.4, -0.2) is 16.2 Å². The van der Waals surface area contributed by atoms with Gasteiger partial charge in [-0.25, -0.2) is 9.97 Å². The summed E-state index contributed by atoms with van der Waals surface area (Å²) in [6.07, 6.45) is 4.92. The maximum Gasteiger partial charge on any atom is 0.172 e. The number of anilines is 1. The summed E-state index contributed by atoms with van der Waals surface area (Å²) in [7, 11) is 0. The molecule has 2 rings (SSSR count). The molecule has 0 saturated carbocycles. The van der Waals surface area contributed by atoms with E-state index in [1.54, 1.807) is 24.7 Å². The highest BCUT2D eigenvalue weighted by Crippen LogP contribution is 2.13. The molecular weight excluding hydrogens is 268 g/mol. The zero-order valence-electron chi connectivity index (χ0n) is 8.34. The third kappa shape index (κ3) is 3.13. The molecule has 0 aliphatic heterocycles. The van der Waals surface area contributed by atoms with E-state index in [9.17, 15) is 0 Å². The summed E-state index contributed by atoms with van der Waals surface area (Å²) in [4.78, 5) is 8.03. The molecule has 0 spiro atoms. The minimum atomic E-state index is 0.576. The highest BCUT2D eigenvalue weighted by Gasteiger charge is 1.90. The number of benzene rings is 1. The van der Waals surface area contributed by atoms with Crippen molar-refractivity contribution in [1.29, 1.82) is 0 Å². The van der Waals surface area contributed by atoms with Gasteiger partial charge in [0.1, 0.15) is 0 Å². The number of aromatic nitrogens is 2. The van der Waals surface area contributed by atoms with Gasteiger partial charge >= 0.3 is 0 Å². The van der Waals surface area contributed by atoms with Crippen molar-refractivity contribution < 1.29 is 0 Å². The molecule has 0 fully saturated rings. The molecule has 1 aromatic carbocycles. The third-order valence-electron chi connectivity index (χ3n) is 1.80. The predicted molar refractivity (Wildman–Crippen MR) is 67.4 cm³/mol. The van der Waals surface area contributed by atoms with Crippen LogP contribution in [0.4, 0.5) is 5.69 Å². The first-order valence-corrected chi connectivity index (χ1v) is 5.45. The van der Waals surface area contributed by atoms with Gasteiger partial charge in [0.25, 0.3) is 0 Å². The number of halogens is 1. The molecule has 0 unspecified atom stereocenters. The molecule has 0 amide bonds. The monoisotopic (exact) mass is 276 g/mol. The van der Waals surface area contributed by atoms with Crippen LogP contribution in [-0.2, 0) is 0 Å². The highest BCUT2D eigenvalue weighted by atomic mass is 79.9. The zero-order valence-corrected chi connectivity index (χ0v) is 9.92. The Bertz CT molecular complexity index is 467. The summed E-state index contributed by atoms with van der Waals surface area (Å²) >= 11 is 3.36. The fourth-order valence-corrected chi connectivity index (χ4v) is 1.33. The Labute approximate surface area is 102 Å². The lowest BCUT2D eigenvalue weighted by atomic mass is 10.3. The van der Waals surface area contributed by atoms with Crippen LogP contribution >= 0.6 is 15.9 Å². The number of nitrogens with zero attached hydrogens (tertiary/aromatic N) is 3. The van der Waals surface area contributed by atoms with Gasteiger partial charge in [0.2, 0.25) is 0 Å². The van der Waals surface area contributed by atoms with Crippen LogP contribution in [0.2, 0.25) is 0 Å². The van der Waals surface area contributed by atoms with E-state index in [0.717, 1.165) is 10.2 Å². The Balaban J connectivity index is 1.97. The van der Waals surface area contributed by atoms with E-state index in [-0.39, 0.29) is 0 Å². The molecule has 2 aromatic rings. The van der Waals surface area contributed by atoms with Crippen molar-refractivity contribution in [2.45, 2.75) is 0 Å². The highest BCUT2D eigenvalue weighted by molar-refractivity contribution is 9.10. The van der Waals surface area contributed by atoms with Crippen LogP contribution < -0.4 is 5.43 Å². The molecule has 0 aliphatic carbocycles. The quantitative estimate of drug-likeness (QED) is 0.693. The molecule has 1 N–H and O–H groups in total. The Morgan fingerprint density at radius 3 is 2.50 bits per heavy atom. The average molecular weight is 277 g/mol. The van der Waals surface area contributed by atoms with Gasteiger partial charge in [-0.05, 0) is 30.3 Å². The zero-order chi connectivity index (χ0) is 11.2. The first-order valence-electron chi connectivity index (χ1n) is 4.66. The van der Waals surface area contributed by atoms with Crippen molar-refractivity contribution in [2.75, 3.05) is 5.43 Å². The number of hydrogen-bond acceptors (Lipinski definition) is 4. The molecule has 80 valence electrons. The van der Waals surface area contributed by atoms with E-state index < -0.39 is 0 Å². The van der Waals surface area contributed by atoms with Crippen LogP contribution in [0.3, 0.4) is 0 Å². The molecule has 0 aliphatic rings. The van der Waals surface area contributed by atoms with Gasteiger partial charge in [-0.15, -0.1) is 0 Å². The van der Waals surface area contributed by atoms with Crippen molar-refractivity contribution in [3.05, 3.63) is 53.0 Å². The van der Waals surface area contributed by atoms with Crippen LogP contribution in [0.25, 0.3) is 0 Å². The first-order chi connectivity index (χ1) is 7.84. The van der Waals surface area contributed by atoms with Gasteiger partial charge in [-0.2, -0.15) is 5.10 Å². The van der Waals surface area contributed by atoms with Gasteiger partial charge in [0.05, 0.1) is 11.9 Å². The maximum atomic E-state index is 4.03. The maximum absolute atomic E-state index is 4.03. The van der Waals surface area contributed by atoms with Gasteiger partial charge in [0.15, 0.2) is 5.82 Å². The topological polar surface area (TPSA) is 50.2 Å². The molecule has 16 heavy (non-hydrogen) atoms. The largest absolute Gasteiger partial charge is 0.278 e. The number of hydrazone groups is 1. The summed E-state index contributed by atoms with van der Waals surface area (Å²) in [6.45, 7) is 0. The van der Waals surface area contributed by atoms with Crippen molar-refractivity contribution in [3.63, 3.8) is 0 Å². The second kappa shape index (κ2) is 5.37. The Kier molecular flexibility index (Phi) is 3.61. The van der Waals surface area contributed by atoms with Crippen molar-refractivity contribution in [2.24, 2.45) is 5.10 Å². The average Bonchev–Trinajstić information content (AvgIpc) is 2.33. The lowest BCUT2D eigenvalue weighted by Crippen LogP contribution is -1.94. The Morgan fingerprint density at radius 2 is 1.81 bits per heavy atom. The van der Waals surface area contributed by atoms with E-state index in [1.807, 2.05) is 24.3 Å². The summed E-state index contributed by atoms with van der Waals surface area (Å²) in [5, 5.41) is 4.03. The summed E-state index contributed by atoms with van der Waals surface area (Å²) in [6, 6.07) is 9.49. The molecule has 5 heteroatoms. The van der Waals surface area contributed by atoms with Gasteiger partial charge < -0.3 is 0 Å². The molecule has 0 saturated heterocycles.